The monoisotopic (exact) mass is 797 g/mol. The number of esters is 1. The SMILES string of the molecule is C=CCOCN(C(=O)[C@@H](NC(=O)[C@H]1CCCCN1C)C(C)CC)C(C[C@@H](OC(C)=O)c1nc(C(=O)N[C@@H](Cc2ccccc2)C[C@H](C)C(=O)NN)cs1)C(C)C. The molecule has 3 rings (SSSR count). The van der Waals surface area contributed by atoms with Crippen molar-refractivity contribution in [1.29, 1.82) is 0 Å². The number of carbonyl (C=O) groups is 5. The molecule has 0 saturated carbocycles. The van der Waals surface area contributed by atoms with E-state index in [4.69, 9.17) is 15.3 Å². The van der Waals surface area contributed by atoms with E-state index in [1.165, 1.54) is 18.3 Å². The van der Waals surface area contributed by atoms with Crippen molar-refractivity contribution in [3.8, 4) is 0 Å². The lowest BCUT2D eigenvalue weighted by atomic mass is 9.92. The number of nitrogens with one attached hydrogen (secondary N) is 3. The van der Waals surface area contributed by atoms with Gasteiger partial charge in [-0.3, -0.25) is 34.3 Å². The first kappa shape index (κ1) is 46.2. The summed E-state index contributed by atoms with van der Waals surface area (Å²) in [5.41, 5.74) is 3.30. The summed E-state index contributed by atoms with van der Waals surface area (Å²) >= 11 is 1.18. The quantitative estimate of drug-likeness (QED) is 0.0251. The Balaban J connectivity index is 1.91. The van der Waals surface area contributed by atoms with Gasteiger partial charge in [-0.2, -0.15) is 0 Å². The van der Waals surface area contributed by atoms with Crippen molar-refractivity contribution < 1.29 is 33.4 Å². The summed E-state index contributed by atoms with van der Waals surface area (Å²) < 4.78 is 11.7. The third-order valence-electron chi connectivity index (χ3n) is 10.5. The molecule has 2 aromatic rings. The van der Waals surface area contributed by atoms with Crippen LogP contribution in [0.1, 0.15) is 107 Å². The van der Waals surface area contributed by atoms with Crippen molar-refractivity contribution in [2.45, 2.75) is 117 Å². The molecule has 1 aromatic heterocycles. The van der Waals surface area contributed by atoms with Crippen LogP contribution >= 0.6 is 11.3 Å². The number of amides is 4. The number of carbonyl (C=O) groups excluding carboxylic acids is 5. The minimum Gasteiger partial charge on any atom is -0.455 e. The van der Waals surface area contributed by atoms with Gasteiger partial charge in [0, 0.05) is 36.7 Å². The molecule has 14 nitrogen and oxygen atoms in total. The Bertz CT molecular complexity index is 1590. The Morgan fingerprint density at radius 2 is 1.80 bits per heavy atom. The van der Waals surface area contributed by atoms with Crippen molar-refractivity contribution in [3.05, 3.63) is 64.6 Å². The predicted molar refractivity (Wildman–Crippen MR) is 217 cm³/mol. The Hall–Kier alpha value is -4.18. The van der Waals surface area contributed by atoms with Gasteiger partial charge in [-0.1, -0.05) is 83.9 Å². The zero-order valence-electron chi connectivity index (χ0n) is 34.1. The summed E-state index contributed by atoms with van der Waals surface area (Å²) in [6, 6.07) is 7.56. The second-order valence-corrected chi connectivity index (χ2v) is 16.1. The molecule has 0 bridgehead atoms. The minimum atomic E-state index is -0.901. The number of likely N-dealkylation sites (N-methyl/N-ethyl adjacent to an activating group) is 1. The van der Waals surface area contributed by atoms with Crippen LogP contribution in [0.15, 0.2) is 48.4 Å². The fourth-order valence-electron chi connectivity index (χ4n) is 7.02. The molecule has 0 spiro atoms. The molecule has 1 saturated heterocycles. The van der Waals surface area contributed by atoms with E-state index in [9.17, 15) is 24.0 Å². The number of thiazole rings is 1. The van der Waals surface area contributed by atoms with Crippen LogP contribution in [0.2, 0.25) is 0 Å². The molecule has 5 N–H and O–H groups in total. The summed E-state index contributed by atoms with van der Waals surface area (Å²) in [5, 5.41) is 8.13. The predicted octanol–water partition coefficient (Wildman–Crippen LogP) is 4.52. The number of piperidine rings is 1. The van der Waals surface area contributed by atoms with Crippen LogP contribution in [-0.4, -0.2) is 95.5 Å². The van der Waals surface area contributed by atoms with E-state index in [2.05, 4.69) is 27.6 Å². The number of rotatable bonds is 22. The first-order valence-corrected chi connectivity index (χ1v) is 20.6. The van der Waals surface area contributed by atoms with Gasteiger partial charge in [0.15, 0.2) is 6.10 Å². The first-order valence-electron chi connectivity index (χ1n) is 19.7. The van der Waals surface area contributed by atoms with Crippen molar-refractivity contribution in [2.24, 2.45) is 23.6 Å². The Kier molecular flexibility index (Phi) is 19.1. The number of hydrogen-bond donors (Lipinski definition) is 4. The van der Waals surface area contributed by atoms with Gasteiger partial charge in [-0.25, -0.2) is 10.8 Å². The van der Waals surface area contributed by atoms with Crippen LogP contribution in [0, 0.1) is 17.8 Å². The summed E-state index contributed by atoms with van der Waals surface area (Å²) in [7, 11) is 1.93. The van der Waals surface area contributed by atoms with Gasteiger partial charge in [0.25, 0.3) is 5.91 Å². The van der Waals surface area contributed by atoms with Crippen molar-refractivity contribution in [2.75, 3.05) is 26.9 Å². The summed E-state index contributed by atoms with van der Waals surface area (Å²) in [6.07, 6.45) is 5.01. The van der Waals surface area contributed by atoms with E-state index in [1.807, 2.05) is 70.0 Å². The molecule has 2 unspecified atom stereocenters. The number of hydrogen-bond acceptors (Lipinski definition) is 11. The molecule has 15 heteroatoms. The smallest absolute Gasteiger partial charge is 0.303 e. The van der Waals surface area contributed by atoms with Gasteiger partial charge in [-0.05, 0) is 56.7 Å². The fraction of sp³-hybridized carbons (Fsp3) is 0.610. The average molecular weight is 798 g/mol. The van der Waals surface area contributed by atoms with Crippen LogP contribution in [0.4, 0.5) is 0 Å². The maximum Gasteiger partial charge on any atom is 0.303 e. The molecule has 2 heterocycles. The van der Waals surface area contributed by atoms with Crippen molar-refractivity contribution in [3.63, 3.8) is 0 Å². The third kappa shape index (κ3) is 13.8. The lowest BCUT2D eigenvalue weighted by Crippen LogP contribution is -2.59. The van der Waals surface area contributed by atoms with Gasteiger partial charge >= 0.3 is 5.97 Å². The highest BCUT2D eigenvalue weighted by Gasteiger charge is 2.39. The molecule has 0 aliphatic carbocycles. The van der Waals surface area contributed by atoms with Crippen LogP contribution in [0.5, 0.6) is 0 Å². The average Bonchev–Trinajstić information content (AvgIpc) is 3.67. The molecule has 0 radical (unpaired) electrons. The zero-order chi connectivity index (χ0) is 41.4. The molecule has 1 aromatic carbocycles. The molecular weight excluding hydrogens is 735 g/mol. The molecule has 4 amide bonds. The van der Waals surface area contributed by atoms with Crippen LogP contribution in [-0.2, 0) is 35.1 Å². The number of nitrogens with two attached hydrogens (primary N) is 1. The number of benzene rings is 1. The van der Waals surface area contributed by atoms with E-state index in [-0.39, 0.29) is 61.1 Å². The maximum atomic E-state index is 14.7. The van der Waals surface area contributed by atoms with Crippen molar-refractivity contribution in [1.82, 2.24) is 30.8 Å². The van der Waals surface area contributed by atoms with E-state index < -0.39 is 42.0 Å². The maximum absolute atomic E-state index is 14.7. The highest BCUT2D eigenvalue weighted by atomic mass is 32.1. The number of likely N-dealkylation sites (tertiary alicyclic amines) is 1. The molecule has 1 aliphatic heterocycles. The lowest BCUT2D eigenvalue weighted by molar-refractivity contribution is -0.152. The number of hydrazine groups is 1. The topological polar surface area (TPSA) is 185 Å². The molecule has 7 atom stereocenters. The van der Waals surface area contributed by atoms with Crippen LogP contribution in [0.3, 0.4) is 0 Å². The zero-order valence-corrected chi connectivity index (χ0v) is 34.9. The molecule has 1 fully saturated rings. The Morgan fingerprint density at radius 3 is 2.41 bits per heavy atom. The molecule has 310 valence electrons. The Morgan fingerprint density at radius 1 is 1.09 bits per heavy atom. The lowest BCUT2D eigenvalue weighted by Gasteiger charge is -2.39. The molecular formula is C41H63N7O7S. The minimum absolute atomic E-state index is 0.0818. The standard InChI is InChI=1S/C41H63N7O7S/c1-9-20-54-25-48(41(53)36(27(5)10-2)45-39(52)33-18-14-15-19-47(33)8)34(26(3)4)23-35(55-29(7)49)40-44-32(24-56-40)38(51)43-31(21-28(6)37(50)46-42)22-30-16-12-11-13-17-30/h9,11-13,16-17,24,26-28,31,33-36H,1,10,14-15,18-23,25,42H2,2-8H3,(H,43,51)(H,45,52)(H,46,50)/t27?,28-,31+,33+,34?,35+,36-/m0/s1. The highest BCUT2D eigenvalue weighted by molar-refractivity contribution is 7.09. The second-order valence-electron chi connectivity index (χ2n) is 15.2. The van der Waals surface area contributed by atoms with Gasteiger partial charge in [0.1, 0.15) is 23.5 Å². The van der Waals surface area contributed by atoms with Gasteiger partial charge < -0.3 is 25.0 Å². The summed E-state index contributed by atoms with van der Waals surface area (Å²) in [5.74, 6) is 2.79. The highest BCUT2D eigenvalue weighted by Crippen LogP contribution is 2.32. The summed E-state index contributed by atoms with van der Waals surface area (Å²) in [6.45, 7) is 15.6. The normalized spacial score (nSPS) is 17.8. The first-order chi connectivity index (χ1) is 26.7. The molecule has 1 aliphatic rings. The summed E-state index contributed by atoms with van der Waals surface area (Å²) in [4.78, 5) is 75.1. The largest absolute Gasteiger partial charge is 0.455 e. The van der Waals surface area contributed by atoms with Crippen LogP contribution < -0.4 is 21.9 Å². The fourth-order valence-corrected chi connectivity index (χ4v) is 7.86. The number of aromatic nitrogens is 1. The third-order valence-corrected chi connectivity index (χ3v) is 11.4. The number of ether oxygens (including phenoxy) is 2. The van der Waals surface area contributed by atoms with Gasteiger partial charge in [0.2, 0.25) is 17.7 Å². The number of nitrogens with zero attached hydrogens (tertiary/aromatic N) is 3. The molecule has 56 heavy (non-hydrogen) atoms. The van der Waals surface area contributed by atoms with Crippen LogP contribution in [0.25, 0.3) is 0 Å². The van der Waals surface area contributed by atoms with E-state index in [0.717, 1.165) is 31.4 Å². The van der Waals surface area contributed by atoms with E-state index in [0.29, 0.717) is 24.3 Å². The Labute approximate surface area is 336 Å². The van der Waals surface area contributed by atoms with E-state index in [1.54, 1.807) is 23.3 Å². The van der Waals surface area contributed by atoms with E-state index >= 15 is 0 Å². The van der Waals surface area contributed by atoms with Crippen molar-refractivity contribution >= 4 is 40.9 Å². The van der Waals surface area contributed by atoms with Gasteiger partial charge in [-0.15, -0.1) is 17.9 Å². The second kappa shape index (κ2) is 23.1. The van der Waals surface area contributed by atoms with Gasteiger partial charge in [0.05, 0.1) is 12.6 Å².